The van der Waals surface area contributed by atoms with Gasteiger partial charge in [-0.05, 0) is 102 Å². The van der Waals surface area contributed by atoms with Gasteiger partial charge >= 0.3 is 0 Å². The quantitative estimate of drug-likeness (QED) is 0.179. The van der Waals surface area contributed by atoms with Crippen LogP contribution in [0.3, 0.4) is 0 Å². The number of aromatic nitrogens is 2. The second-order valence-corrected chi connectivity index (χ2v) is 13.8. The van der Waals surface area contributed by atoms with E-state index in [-0.39, 0.29) is 27.0 Å². The van der Waals surface area contributed by atoms with Crippen LogP contribution in [-0.2, 0) is 5.41 Å². The molecule has 2 heterocycles. The standard InChI is InChI=1S/C53H32N2S/c1-2-11-33(12-3-1)34-21-23-35(24-22-34)37-26-28-49-44(31-37)51-52(56-49)50(54-32-55-51)39-14-10-13-36(29-39)38-25-27-48-43(30-38)42-17-6-9-20-47(42)53(48)45-18-7-4-15-40(45)41-16-5-8-19-46(41)53/h1-32H/i1D,2D,3D,4D,5D,6D,7D,8D,9D,10D,11D,12D,13D,14D,15D,16D,17D,18D,19D,20D,21D,22D,23D,24D,25D,27D,29D,30D. The molecular formula is C53H32N2S. The lowest BCUT2D eigenvalue weighted by atomic mass is 9.70. The van der Waals surface area contributed by atoms with E-state index < -0.39 is 247 Å². The Kier molecular flexibility index (Phi) is 3.14. The van der Waals surface area contributed by atoms with Gasteiger partial charge in [0.2, 0.25) is 0 Å². The van der Waals surface area contributed by atoms with Crippen molar-refractivity contribution in [2.75, 3.05) is 0 Å². The molecule has 0 radical (unpaired) electrons. The molecule has 56 heavy (non-hydrogen) atoms. The number of nitrogens with zero attached hydrogens (tertiary/aromatic N) is 2. The minimum absolute atomic E-state index is 0.121. The van der Waals surface area contributed by atoms with Crippen LogP contribution in [0.5, 0.6) is 0 Å². The molecule has 3 heteroatoms. The van der Waals surface area contributed by atoms with E-state index in [1.165, 1.54) is 12.1 Å². The maximum absolute atomic E-state index is 10.1. The van der Waals surface area contributed by atoms with Crippen LogP contribution in [0.25, 0.3) is 87.2 Å². The molecule has 0 saturated heterocycles. The van der Waals surface area contributed by atoms with Crippen LogP contribution < -0.4 is 0 Å². The highest BCUT2D eigenvalue weighted by Gasteiger charge is 2.51. The zero-order chi connectivity index (χ0) is 61.2. The van der Waals surface area contributed by atoms with Gasteiger partial charge in [0.05, 0.1) is 59.7 Å². The lowest BCUT2D eigenvalue weighted by molar-refractivity contribution is 0.794. The Labute approximate surface area is 368 Å². The number of thiophene rings is 1. The Morgan fingerprint density at radius 3 is 1.68 bits per heavy atom. The third-order valence-electron chi connectivity index (χ3n) is 9.90. The average molecular weight is 757 g/mol. The summed E-state index contributed by atoms with van der Waals surface area (Å²) in [4.78, 5) is 8.91. The second-order valence-electron chi connectivity index (χ2n) is 12.7. The van der Waals surface area contributed by atoms with Crippen molar-refractivity contribution in [3.05, 3.63) is 216 Å². The van der Waals surface area contributed by atoms with Gasteiger partial charge < -0.3 is 0 Å². The smallest absolute Gasteiger partial charge is 0.116 e. The highest BCUT2D eigenvalue weighted by atomic mass is 32.1. The normalized spacial score (nSPS) is 20.1. The van der Waals surface area contributed by atoms with E-state index in [2.05, 4.69) is 9.97 Å². The molecule has 0 bridgehead atoms. The van der Waals surface area contributed by atoms with Gasteiger partial charge in [-0.25, -0.2) is 9.97 Å². The van der Waals surface area contributed by atoms with Crippen molar-refractivity contribution in [1.82, 2.24) is 9.97 Å². The van der Waals surface area contributed by atoms with Gasteiger partial charge in [0.1, 0.15) is 6.33 Å². The summed E-state index contributed by atoms with van der Waals surface area (Å²) < 4.78 is 254. The van der Waals surface area contributed by atoms with E-state index in [1.807, 2.05) is 0 Å². The van der Waals surface area contributed by atoms with E-state index in [4.69, 9.17) is 24.7 Å². The first-order valence-electron chi connectivity index (χ1n) is 30.9. The lowest BCUT2D eigenvalue weighted by Crippen LogP contribution is -2.25. The minimum atomic E-state index is -2.69. The molecule has 10 aromatic rings. The molecule has 0 unspecified atom stereocenters. The highest BCUT2D eigenvalue weighted by molar-refractivity contribution is 7.26. The number of benzene rings is 8. The number of fused-ring (bicyclic) bond motifs is 13. The summed E-state index contributed by atoms with van der Waals surface area (Å²) in [5.41, 5.74) is -10.1. The summed E-state index contributed by atoms with van der Waals surface area (Å²) in [5, 5.41) is 0.325. The maximum Gasteiger partial charge on any atom is 0.116 e. The number of rotatable bonds is 4. The zero-order valence-corrected chi connectivity index (χ0v) is 28.9. The Balaban J connectivity index is 1.11. The van der Waals surface area contributed by atoms with Crippen molar-refractivity contribution in [3.63, 3.8) is 0 Å². The first-order chi connectivity index (χ1) is 39.4. The highest BCUT2D eigenvalue weighted by Crippen LogP contribution is 2.63. The van der Waals surface area contributed by atoms with Gasteiger partial charge in [-0.2, -0.15) is 0 Å². The fourth-order valence-corrected chi connectivity index (χ4v) is 8.68. The Bertz CT molecular complexity index is 4710. The lowest BCUT2D eigenvalue weighted by Gasteiger charge is -2.30. The van der Waals surface area contributed by atoms with Crippen LogP contribution >= 0.6 is 11.3 Å². The minimum Gasteiger partial charge on any atom is -0.235 e. The third-order valence-corrected chi connectivity index (χ3v) is 11.1. The largest absolute Gasteiger partial charge is 0.235 e. The first-order valence-corrected chi connectivity index (χ1v) is 17.7. The van der Waals surface area contributed by atoms with E-state index >= 15 is 0 Å². The van der Waals surface area contributed by atoms with Crippen LogP contribution in [0.4, 0.5) is 0 Å². The van der Waals surface area contributed by atoms with Crippen LogP contribution in [-0.4, -0.2) is 9.97 Å². The summed E-state index contributed by atoms with van der Waals surface area (Å²) in [5.74, 6) is 0. The van der Waals surface area contributed by atoms with Crippen molar-refractivity contribution < 1.29 is 38.4 Å². The summed E-state index contributed by atoms with van der Waals surface area (Å²) in [6.45, 7) is 0. The zero-order valence-electron chi connectivity index (χ0n) is 56.1. The molecule has 0 saturated carbocycles. The molecular weight excluding hydrogens is 697 g/mol. The van der Waals surface area contributed by atoms with Gasteiger partial charge in [-0.15, -0.1) is 11.3 Å². The van der Waals surface area contributed by atoms with Gasteiger partial charge in [-0.1, -0.05) is 163 Å². The number of hydrogen-bond donors (Lipinski definition) is 0. The van der Waals surface area contributed by atoms with Crippen molar-refractivity contribution in [2.45, 2.75) is 5.41 Å². The first kappa shape index (κ1) is 14.6. The van der Waals surface area contributed by atoms with Crippen molar-refractivity contribution in [3.8, 4) is 66.9 Å². The Morgan fingerprint density at radius 1 is 0.429 bits per heavy atom. The summed E-state index contributed by atoms with van der Waals surface area (Å²) in [7, 11) is 0. The van der Waals surface area contributed by atoms with Gasteiger partial charge in [-0.3, -0.25) is 0 Å². The SMILES string of the molecule is [2H]c1c([2H])c([2H])c(-c2c([2H])c([2H])c(-c3ccc4sc5c(-c6c([2H])c([2H])c([2H])c(-c7c([2H])c([2H])c8c(c7[2H])-c7c([2H])c([2H])c([2H])c([2H])c7C87c8c([2H])c([2H])c([2H])c([2H])c8-c8c([2H])c([2H])c([2H])c([2H])c87)c6[2H])ncnc5c4c3)c([2H])c2[2H])c([2H])c1[2H]. The number of hydrogen-bond acceptors (Lipinski definition) is 3. The third kappa shape index (κ3) is 4.43. The molecule has 2 aliphatic rings. The topological polar surface area (TPSA) is 25.8 Å². The Morgan fingerprint density at radius 2 is 0.964 bits per heavy atom. The van der Waals surface area contributed by atoms with Crippen LogP contribution in [0.1, 0.15) is 60.6 Å². The Hall–Kier alpha value is -6.94. The van der Waals surface area contributed by atoms with E-state index in [0.29, 0.717) is 10.1 Å². The van der Waals surface area contributed by atoms with Crippen LogP contribution in [0, 0.1) is 0 Å². The van der Waals surface area contributed by atoms with E-state index in [9.17, 15) is 13.7 Å². The summed E-state index contributed by atoms with van der Waals surface area (Å²) >= 11 is 1.02. The summed E-state index contributed by atoms with van der Waals surface area (Å²) in [6, 6.07) is -18.2. The summed E-state index contributed by atoms with van der Waals surface area (Å²) in [6.07, 6.45) is 1.06. The molecule has 2 aromatic heterocycles. The van der Waals surface area contributed by atoms with Crippen molar-refractivity contribution >= 4 is 31.6 Å². The molecule has 2 aliphatic carbocycles. The predicted molar refractivity (Wildman–Crippen MR) is 233 cm³/mol. The molecule has 12 rings (SSSR count). The van der Waals surface area contributed by atoms with E-state index in [0.717, 1.165) is 17.7 Å². The van der Waals surface area contributed by atoms with Gasteiger partial charge in [0, 0.05) is 15.6 Å². The monoisotopic (exact) mass is 756 g/mol. The van der Waals surface area contributed by atoms with E-state index in [1.54, 1.807) is 6.07 Å². The maximum atomic E-state index is 10.1. The average Bonchev–Trinajstić information content (AvgIpc) is 1.48. The molecule has 0 fully saturated rings. The van der Waals surface area contributed by atoms with Crippen molar-refractivity contribution in [1.29, 1.82) is 0 Å². The van der Waals surface area contributed by atoms with Crippen molar-refractivity contribution in [2.24, 2.45) is 0 Å². The van der Waals surface area contributed by atoms with Crippen LogP contribution in [0.2, 0.25) is 0 Å². The molecule has 260 valence electrons. The molecule has 0 amide bonds. The second kappa shape index (κ2) is 12.0. The molecule has 0 aliphatic heterocycles. The molecule has 2 nitrogen and oxygen atoms in total. The predicted octanol–water partition coefficient (Wildman–Crippen LogP) is 13.9. The molecule has 1 spiro atoms. The fourth-order valence-electron chi connectivity index (χ4n) is 7.55. The molecule has 8 aromatic carbocycles. The molecule has 0 atom stereocenters. The molecule has 0 N–H and O–H groups in total. The van der Waals surface area contributed by atoms with Gasteiger partial charge in [0.15, 0.2) is 0 Å². The fraction of sp³-hybridized carbons (Fsp3) is 0.0189. The van der Waals surface area contributed by atoms with Gasteiger partial charge in [0.25, 0.3) is 0 Å². The van der Waals surface area contributed by atoms with Crippen LogP contribution in [0.15, 0.2) is 194 Å².